The zero-order chi connectivity index (χ0) is 9.52. The summed E-state index contributed by atoms with van der Waals surface area (Å²) in [5.74, 6) is 6.53. The predicted molar refractivity (Wildman–Crippen MR) is 55.0 cm³/mol. The van der Waals surface area contributed by atoms with Crippen LogP contribution in [0.1, 0.15) is 13.3 Å². The second kappa shape index (κ2) is 5.50. The monoisotopic (exact) mass is 194 g/mol. The van der Waals surface area contributed by atoms with E-state index in [-0.39, 0.29) is 0 Å². The summed E-state index contributed by atoms with van der Waals surface area (Å²) in [6, 6.07) is 7.36. The van der Waals surface area contributed by atoms with Gasteiger partial charge in [-0.3, -0.25) is 0 Å². The Kier molecular flexibility index (Phi) is 4.21. The van der Waals surface area contributed by atoms with E-state index in [1.54, 1.807) is 6.07 Å². The SMILES string of the molecule is CC#CCCOc1cccc(Cl)c1. The van der Waals surface area contributed by atoms with Crippen molar-refractivity contribution in [2.75, 3.05) is 6.61 Å². The number of hydrogen-bond donors (Lipinski definition) is 0. The lowest BCUT2D eigenvalue weighted by Gasteiger charge is -2.03. The van der Waals surface area contributed by atoms with Gasteiger partial charge >= 0.3 is 0 Å². The molecule has 1 rings (SSSR count). The second-order valence-electron chi connectivity index (χ2n) is 2.48. The topological polar surface area (TPSA) is 9.23 Å². The molecule has 0 bridgehead atoms. The normalized spacial score (nSPS) is 8.77. The van der Waals surface area contributed by atoms with Crippen LogP contribution in [0.15, 0.2) is 24.3 Å². The third-order valence-corrected chi connectivity index (χ3v) is 1.70. The molecule has 1 aromatic carbocycles. The molecule has 0 saturated carbocycles. The second-order valence-corrected chi connectivity index (χ2v) is 2.92. The molecule has 13 heavy (non-hydrogen) atoms. The summed E-state index contributed by atoms with van der Waals surface area (Å²) in [6.07, 6.45) is 0.753. The van der Waals surface area contributed by atoms with Gasteiger partial charge in [0.15, 0.2) is 0 Å². The lowest BCUT2D eigenvalue weighted by molar-refractivity contribution is 0.327. The van der Waals surface area contributed by atoms with Crippen molar-refractivity contribution in [3.63, 3.8) is 0 Å². The fourth-order valence-corrected chi connectivity index (χ4v) is 1.08. The molecule has 0 unspecified atom stereocenters. The van der Waals surface area contributed by atoms with Gasteiger partial charge < -0.3 is 4.74 Å². The number of hydrogen-bond acceptors (Lipinski definition) is 1. The first-order valence-electron chi connectivity index (χ1n) is 4.11. The van der Waals surface area contributed by atoms with E-state index < -0.39 is 0 Å². The van der Waals surface area contributed by atoms with Gasteiger partial charge in [-0.1, -0.05) is 17.7 Å². The van der Waals surface area contributed by atoms with E-state index >= 15 is 0 Å². The summed E-state index contributed by atoms with van der Waals surface area (Å²) in [5, 5.41) is 0.694. The number of halogens is 1. The standard InChI is InChI=1S/C11H11ClO/c1-2-3-4-8-13-11-7-5-6-10(12)9-11/h5-7,9H,4,8H2,1H3. The summed E-state index contributed by atoms with van der Waals surface area (Å²) in [7, 11) is 0. The van der Waals surface area contributed by atoms with Crippen molar-refractivity contribution in [1.29, 1.82) is 0 Å². The molecule has 0 atom stereocenters. The average molecular weight is 195 g/mol. The van der Waals surface area contributed by atoms with Crippen LogP contribution in [0.2, 0.25) is 5.02 Å². The Morgan fingerprint density at radius 1 is 1.46 bits per heavy atom. The molecular formula is C11H11ClO. The molecule has 0 amide bonds. The minimum absolute atomic E-state index is 0.612. The molecule has 2 heteroatoms. The van der Waals surface area contributed by atoms with E-state index in [9.17, 15) is 0 Å². The summed E-state index contributed by atoms with van der Waals surface area (Å²) in [6.45, 7) is 2.43. The maximum Gasteiger partial charge on any atom is 0.120 e. The molecule has 0 spiro atoms. The van der Waals surface area contributed by atoms with Gasteiger partial charge in [-0.05, 0) is 25.1 Å². The maximum absolute atomic E-state index is 5.78. The molecule has 68 valence electrons. The van der Waals surface area contributed by atoms with Gasteiger partial charge in [0.25, 0.3) is 0 Å². The van der Waals surface area contributed by atoms with E-state index in [4.69, 9.17) is 16.3 Å². The molecular weight excluding hydrogens is 184 g/mol. The van der Waals surface area contributed by atoms with Gasteiger partial charge in [0, 0.05) is 11.4 Å². The Morgan fingerprint density at radius 2 is 2.31 bits per heavy atom. The zero-order valence-electron chi connectivity index (χ0n) is 7.51. The lowest BCUT2D eigenvalue weighted by Crippen LogP contribution is -1.95. The largest absolute Gasteiger partial charge is 0.493 e. The van der Waals surface area contributed by atoms with Crippen molar-refractivity contribution in [2.45, 2.75) is 13.3 Å². The van der Waals surface area contributed by atoms with Crippen molar-refractivity contribution in [3.05, 3.63) is 29.3 Å². The van der Waals surface area contributed by atoms with Gasteiger partial charge in [0.2, 0.25) is 0 Å². The summed E-state index contributed by atoms with van der Waals surface area (Å²) < 4.78 is 5.40. The van der Waals surface area contributed by atoms with Crippen LogP contribution in [-0.4, -0.2) is 6.61 Å². The highest BCUT2D eigenvalue weighted by Crippen LogP contribution is 2.16. The van der Waals surface area contributed by atoms with Crippen LogP contribution in [0.5, 0.6) is 5.75 Å². The van der Waals surface area contributed by atoms with Gasteiger partial charge in [0.05, 0.1) is 6.61 Å². The number of rotatable bonds is 3. The van der Waals surface area contributed by atoms with Crippen molar-refractivity contribution < 1.29 is 4.74 Å². The van der Waals surface area contributed by atoms with Gasteiger partial charge in [-0.15, -0.1) is 11.8 Å². The van der Waals surface area contributed by atoms with E-state index in [1.807, 2.05) is 25.1 Å². The quantitative estimate of drug-likeness (QED) is 0.531. The molecule has 1 nitrogen and oxygen atoms in total. The van der Waals surface area contributed by atoms with Crippen LogP contribution >= 0.6 is 11.6 Å². The third-order valence-electron chi connectivity index (χ3n) is 1.47. The first-order chi connectivity index (χ1) is 6.33. The minimum Gasteiger partial charge on any atom is -0.493 e. The van der Waals surface area contributed by atoms with E-state index in [0.29, 0.717) is 11.6 Å². The molecule has 0 aliphatic rings. The first-order valence-corrected chi connectivity index (χ1v) is 4.48. The lowest BCUT2D eigenvalue weighted by atomic mass is 10.3. The molecule has 0 fully saturated rings. The Labute approximate surface area is 83.7 Å². The average Bonchev–Trinajstić information content (AvgIpc) is 2.13. The Balaban J connectivity index is 2.39. The van der Waals surface area contributed by atoms with Gasteiger partial charge in [0.1, 0.15) is 5.75 Å². The van der Waals surface area contributed by atoms with Crippen molar-refractivity contribution in [3.8, 4) is 17.6 Å². The van der Waals surface area contributed by atoms with Crippen LogP contribution in [0, 0.1) is 11.8 Å². The summed E-state index contributed by atoms with van der Waals surface area (Å²) in [5.41, 5.74) is 0. The van der Waals surface area contributed by atoms with Crippen LogP contribution in [0.3, 0.4) is 0 Å². The summed E-state index contributed by atoms with van der Waals surface area (Å²) >= 11 is 5.78. The minimum atomic E-state index is 0.612. The first kappa shape index (κ1) is 9.95. The molecule has 1 aromatic rings. The molecule has 0 aliphatic heterocycles. The fraction of sp³-hybridized carbons (Fsp3) is 0.273. The number of benzene rings is 1. The number of ether oxygens (including phenoxy) is 1. The molecule has 0 saturated heterocycles. The van der Waals surface area contributed by atoms with Crippen LogP contribution in [0.4, 0.5) is 0 Å². The fourth-order valence-electron chi connectivity index (χ4n) is 0.902. The van der Waals surface area contributed by atoms with Crippen LogP contribution in [-0.2, 0) is 0 Å². The zero-order valence-corrected chi connectivity index (χ0v) is 8.27. The van der Waals surface area contributed by atoms with E-state index in [0.717, 1.165) is 12.2 Å². The molecule has 0 radical (unpaired) electrons. The highest BCUT2D eigenvalue weighted by molar-refractivity contribution is 6.30. The summed E-state index contributed by atoms with van der Waals surface area (Å²) in [4.78, 5) is 0. The Hall–Kier alpha value is -1.13. The van der Waals surface area contributed by atoms with Crippen molar-refractivity contribution >= 4 is 11.6 Å². The maximum atomic E-state index is 5.78. The predicted octanol–water partition coefficient (Wildman–Crippen LogP) is 3.13. The van der Waals surface area contributed by atoms with Crippen LogP contribution in [0.25, 0.3) is 0 Å². The highest BCUT2D eigenvalue weighted by atomic mass is 35.5. The molecule has 0 N–H and O–H groups in total. The van der Waals surface area contributed by atoms with E-state index in [2.05, 4.69) is 11.8 Å². The third kappa shape index (κ3) is 3.87. The smallest absolute Gasteiger partial charge is 0.120 e. The van der Waals surface area contributed by atoms with E-state index in [1.165, 1.54) is 0 Å². The molecule has 0 aromatic heterocycles. The molecule has 0 aliphatic carbocycles. The van der Waals surface area contributed by atoms with Gasteiger partial charge in [-0.25, -0.2) is 0 Å². The Bertz CT molecular complexity index is 322. The van der Waals surface area contributed by atoms with Gasteiger partial charge in [-0.2, -0.15) is 0 Å². The van der Waals surface area contributed by atoms with Crippen LogP contribution < -0.4 is 4.74 Å². The van der Waals surface area contributed by atoms with Crippen molar-refractivity contribution in [1.82, 2.24) is 0 Å². The van der Waals surface area contributed by atoms with Crippen molar-refractivity contribution in [2.24, 2.45) is 0 Å². The highest BCUT2D eigenvalue weighted by Gasteiger charge is 1.92. The molecule has 0 heterocycles. The Morgan fingerprint density at radius 3 is 3.00 bits per heavy atom.